The van der Waals surface area contributed by atoms with Gasteiger partial charge in [0.1, 0.15) is 5.60 Å². The van der Waals surface area contributed by atoms with Crippen molar-refractivity contribution < 1.29 is 9.53 Å². The molecule has 0 aromatic rings. The molecule has 0 radical (unpaired) electrons. The normalized spacial score (nSPS) is 29.8. The summed E-state index contributed by atoms with van der Waals surface area (Å²) < 4.78 is 5.28. The zero-order valence-electron chi connectivity index (χ0n) is 11.5. The van der Waals surface area contributed by atoms with Crippen molar-refractivity contribution in [2.75, 3.05) is 6.54 Å². The molecule has 0 aromatic carbocycles. The largest absolute Gasteiger partial charge is 0.444 e. The van der Waals surface area contributed by atoms with Crippen LogP contribution in [0.3, 0.4) is 0 Å². The Hall–Kier alpha value is -0.770. The van der Waals surface area contributed by atoms with Crippen molar-refractivity contribution in [3.8, 4) is 0 Å². The van der Waals surface area contributed by atoms with E-state index in [1.807, 2.05) is 20.8 Å². The number of nitrogens with two attached hydrogens (primary N) is 1. The molecule has 0 aliphatic heterocycles. The molecular formula is C13H26N2O2. The number of amides is 1. The van der Waals surface area contributed by atoms with Gasteiger partial charge in [-0.25, -0.2) is 4.79 Å². The molecule has 0 atom stereocenters. The minimum atomic E-state index is -0.436. The monoisotopic (exact) mass is 242 g/mol. The number of alkyl carbamates (subject to hydrolysis) is 1. The van der Waals surface area contributed by atoms with Crippen LogP contribution in [0.1, 0.15) is 53.4 Å². The number of hydrogen-bond acceptors (Lipinski definition) is 3. The fraction of sp³-hybridized carbons (Fsp3) is 0.923. The van der Waals surface area contributed by atoms with Crippen LogP contribution in [0.2, 0.25) is 0 Å². The van der Waals surface area contributed by atoms with Gasteiger partial charge in [-0.2, -0.15) is 0 Å². The summed E-state index contributed by atoms with van der Waals surface area (Å²) in [5, 5.41) is 2.99. The molecule has 1 aliphatic rings. The quantitative estimate of drug-likeness (QED) is 0.781. The molecule has 1 rings (SSSR count). The topological polar surface area (TPSA) is 64.3 Å². The second-order valence-corrected chi connectivity index (χ2v) is 6.37. The van der Waals surface area contributed by atoms with E-state index in [4.69, 9.17) is 10.5 Å². The van der Waals surface area contributed by atoms with Crippen molar-refractivity contribution in [2.24, 2.45) is 11.7 Å². The average molecular weight is 242 g/mol. The van der Waals surface area contributed by atoms with Gasteiger partial charge < -0.3 is 15.8 Å². The Balaban J connectivity index is 2.43. The van der Waals surface area contributed by atoms with E-state index in [0.717, 1.165) is 32.2 Å². The van der Waals surface area contributed by atoms with Crippen LogP contribution in [0.15, 0.2) is 0 Å². The van der Waals surface area contributed by atoms with E-state index in [0.29, 0.717) is 5.92 Å². The SMILES string of the molecule is CC1(NC(=O)OC(C)(C)C)CCC(CN)CC1. The Morgan fingerprint density at radius 1 is 1.41 bits per heavy atom. The number of ether oxygens (including phenoxy) is 1. The highest BCUT2D eigenvalue weighted by atomic mass is 16.6. The van der Waals surface area contributed by atoms with E-state index >= 15 is 0 Å². The van der Waals surface area contributed by atoms with Crippen LogP contribution in [-0.4, -0.2) is 23.8 Å². The average Bonchev–Trinajstić information content (AvgIpc) is 2.15. The van der Waals surface area contributed by atoms with Gasteiger partial charge in [0.15, 0.2) is 0 Å². The fourth-order valence-electron chi connectivity index (χ4n) is 2.23. The Morgan fingerprint density at radius 2 is 1.94 bits per heavy atom. The first-order valence-corrected chi connectivity index (χ1v) is 6.45. The highest BCUT2D eigenvalue weighted by Gasteiger charge is 2.33. The van der Waals surface area contributed by atoms with E-state index in [1.165, 1.54) is 0 Å². The fourth-order valence-corrected chi connectivity index (χ4v) is 2.23. The number of carbonyl (C=O) groups excluding carboxylic acids is 1. The molecule has 0 heterocycles. The lowest BCUT2D eigenvalue weighted by Gasteiger charge is -2.38. The van der Waals surface area contributed by atoms with Crippen molar-refractivity contribution in [3.05, 3.63) is 0 Å². The van der Waals surface area contributed by atoms with Crippen molar-refractivity contribution >= 4 is 6.09 Å². The van der Waals surface area contributed by atoms with Gasteiger partial charge >= 0.3 is 6.09 Å². The van der Waals surface area contributed by atoms with Crippen LogP contribution in [0, 0.1) is 5.92 Å². The summed E-state index contributed by atoms with van der Waals surface area (Å²) >= 11 is 0. The van der Waals surface area contributed by atoms with Crippen LogP contribution < -0.4 is 11.1 Å². The highest BCUT2D eigenvalue weighted by molar-refractivity contribution is 5.68. The molecule has 0 aromatic heterocycles. The smallest absolute Gasteiger partial charge is 0.408 e. The van der Waals surface area contributed by atoms with E-state index in [1.54, 1.807) is 0 Å². The summed E-state index contributed by atoms with van der Waals surface area (Å²) in [6.45, 7) is 8.47. The van der Waals surface area contributed by atoms with Gasteiger partial charge in [-0.3, -0.25) is 0 Å². The molecule has 17 heavy (non-hydrogen) atoms. The third kappa shape index (κ3) is 4.94. The van der Waals surface area contributed by atoms with Crippen LogP contribution in [-0.2, 0) is 4.74 Å². The lowest BCUT2D eigenvalue weighted by Crippen LogP contribution is -2.50. The van der Waals surface area contributed by atoms with Crippen molar-refractivity contribution in [1.82, 2.24) is 5.32 Å². The van der Waals surface area contributed by atoms with Crippen LogP contribution in [0.5, 0.6) is 0 Å². The van der Waals surface area contributed by atoms with E-state index in [2.05, 4.69) is 12.2 Å². The van der Waals surface area contributed by atoms with Gasteiger partial charge in [-0.15, -0.1) is 0 Å². The maximum Gasteiger partial charge on any atom is 0.408 e. The number of hydrogen-bond donors (Lipinski definition) is 2. The number of nitrogens with one attached hydrogen (secondary N) is 1. The van der Waals surface area contributed by atoms with E-state index in [9.17, 15) is 4.79 Å². The Labute approximate surface area is 104 Å². The van der Waals surface area contributed by atoms with Crippen LogP contribution >= 0.6 is 0 Å². The first-order valence-electron chi connectivity index (χ1n) is 6.45. The van der Waals surface area contributed by atoms with Crippen molar-refractivity contribution in [1.29, 1.82) is 0 Å². The molecule has 100 valence electrons. The van der Waals surface area contributed by atoms with Crippen molar-refractivity contribution in [2.45, 2.75) is 64.5 Å². The molecule has 0 saturated heterocycles. The molecule has 1 fully saturated rings. The maximum absolute atomic E-state index is 11.7. The molecule has 4 heteroatoms. The minimum absolute atomic E-state index is 0.131. The predicted molar refractivity (Wildman–Crippen MR) is 68.8 cm³/mol. The molecule has 0 bridgehead atoms. The Morgan fingerprint density at radius 3 is 2.35 bits per heavy atom. The Bertz CT molecular complexity index is 263. The summed E-state index contributed by atoms with van der Waals surface area (Å²) in [7, 11) is 0. The zero-order chi connectivity index (χ0) is 13.1. The molecule has 0 unspecified atom stereocenters. The molecule has 1 aliphatic carbocycles. The number of carbonyl (C=O) groups is 1. The van der Waals surface area contributed by atoms with Crippen LogP contribution in [0.4, 0.5) is 4.79 Å². The summed E-state index contributed by atoms with van der Waals surface area (Å²) in [6, 6.07) is 0. The van der Waals surface area contributed by atoms with Gasteiger partial charge in [0.05, 0.1) is 0 Å². The predicted octanol–water partition coefficient (Wildman–Crippen LogP) is 2.42. The standard InChI is InChI=1S/C13H26N2O2/c1-12(2,3)17-11(16)15-13(4)7-5-10(9-14)6-8-13/h10H,5-9,14H2,1-4H3,(H,15,16). The second kappa shape index (κ2) is 5.25. The lowest BCUT2D eigenvalue weighted by molar-refractivity contribution is 0.0426. The first-order chi connectivity index (χ1) is 7.74. The first kappa shape index (κ1) is 14.3. The number of rotatable bonds is 2. The van der Waals surface area contributed by atoms with Gasteiger partial charge in [-0.1, -0.05) is 0 Å². The van der Waals surface area contributed by atoms with Gasteiger partial charge in [0.2, 0.25) is 0 Å². The van der Waals surface area contributed by atoms with Crippen LogP contribution in [0.25, 0.3) is 0 Å². The molecule has 4 nitrogen and oxygen atoms in total. The van der Waals surface area contributed by atoms with Gasteiger partial charge in [-0.05, 0) is 65.8 Å². The van der Waals surface area contributed by atoms with E-state index < -0.39 is 5.60 Å². The third-order valence-electron chi connectivity index (χ3n) is 3.34. The summed E-state index contributed by atoms with van der Waals surface area (Å²) in [5.41, 5.74) is 5.10. The zero-order valence-corrected chi connectivity index (χ0v) is 11.5. The molecule has 0 spiro atoms. The van der Waals surface area contributed by atoms with Gasteiger partial charge in [0.25, 0.3) is 0 Å². The maximum atomic E-state index is 11.7. The molecule has 1 saturated carbocycles. The van der Waals surface area contributed by atoms with Crippen molar-refractivity contribution in [3.63, 3.8) is 0 Å². The Kier molecular flexibility index (Phi) is 4.42. The molecule has 1 amide bonds. The molecule has 3 N–H and O–H groups in total. The summed E-state index contributed by atoms with van der Waals surface area (Å²) in [5.74, 6) is 0.614. The van der Waals surface area contributed by atoms with E-state index in [-0.39, 0.29) is 11.6 Å². The highest BCUT2D eigenvalue weighted by Crippen LogP contribution is 2.31. The second-order valence-electron chi connectivity index (χ2n) is 6.37. The third-order valence-corrected chi connectivity index (χ3v) is 3.34. The lowest BCUT2D eigenvalue weighted by atomic mass is 9.78. The summed E-state index contributed by atoms with van der Waals surface area (Å²) in [4.78, 5) is 11.7. The summed E-state index contributed by atoms with van der Waals surface area (Å²) in [6.07, 6.45) is 3.82. The molecular weight excluding hydrogens is 216 g/mol. The minimum Gasteiger partial charge on any atom is -0.444 e. The van der Waals surface area contributed by atoms with Gasteiger partial charge in [0, 0.05) is 5.54 Å².